The number of hydrogen-bond acceptors (Lipinski definition) is 7. The van der Waals surface area contributed by atoms with Gasteiger partial charge in [0.2, 0.25) is 11.8 Å². The lowest BCUT2D eigenvalue weighted by Gasteiger charge is -2.18. The number of hydrogen-bond donors (Lipinski definition) is 3. The molecule has 0 spiro atoms. The Hall–Kier alpha value is -1.81. The number of methoxy groups -OCH3 is 1. The molecule has 0 fully saturated rings. The van der Waals surface area contributed by atoms with E-state index in [0.717, 1.165) is 5.56 Å². The van der Waals surface area contributed by atoms with Gasteiger partial charge in [0, 0.05) is 26.5 Å². The maximum atomic E-state index is 12.4. The van der Waals surface area contributed by atoms with Gasteiger partial charge in [0.05, 0.1) is 25.6 Å². The second-order valence-corrected chi connectivity index (χ2v) is 6.79. The van der Waals surface area contributed by atoms with Gasteiger partial charge in [0.25, 0.3) is 0 Å². The highest BCUT2D eigenvalue weighted by Crippen LogP contribution is 2.14. The molecular weight excluding hydrogens is 384 g/mol. The first-order chi connectivity index (χ1) is 13.6. The van der Waals surface area contributed by atoms with E-state index < -0.39 is 6.04 Å². The molecule has 2 amide bonds. The van der Waals surface area contributed by atoms with Crippen molar-refractivity contribution in [2.24, 2.45) is 0 Å². The van der Waals surface area contributed by atoms with Gasteiger partial charge < -0.3 is 30.0 Å². The molecule has 0 saturated carbocycles. The lowest BCUT2D eigenvalue weighted by molar-refractivity contribution is -0.128. The van der Waals surface area contributed by atoms with Crippen molar-refractivity contribution in [3.8, 4) is 5.75 Å². The minimum atomic E-state index is -0.654. The van der Waals surface area contributed by atoms with Crippen molar-refractivity contribution in [2.75, 3.05) is 52.3 Å². The summed E-state index contributed by atoms with van der Waals surface area (Å²) in [7, 11) is 1.56. The van der Waals surface area contributed by atoms with E-state index in [1.54, 1.807) is 7.11 Å². The number of benzene rings is 1. The summed E-state index contributed by atoms with van der Waals surface area (Å²) < 4.78 is 15.4. The number of nitrogens with one attached hydrogen (secondary N) is 2. The first kappa shape index (κ1) is 24.2. The van der Waals surface area contributed by atoms with Crippen LogP contribution in [0.1, 0.15) is 12.0 Å². The quantitative estimate of drug-likeness (QED) is 0.285. The molecule has 158 valence electrons. The fraction of sp³-hybridized carbons (Fsp3) is 0.579. The van der Waals surface area contributed by atoms with Crippen LogP contribution in [0.15, 0.2) is 24.3 Å². The smallest absolute Gasteiger partial charge is 0.243 e. The lowest BCUT2D eigenvalue weighted by Crippen LogP contribution is -2.49. The average Bonchev–Trinajstić information content (AvgIpc) is 2.69. The molecule has 1 aromatic carbocycles. The van der Waals surface area contributed by atoms with Crippen molar-refractivity contribution < 1.29 is 28.9 Å². The van der Waals surface area contributed by atoms with E-state index in [-0.39, 0.29) is 18.6 Å². The molecule has 0 unspecified atom stereocenters. The Kier molecular flexibility index (Phi) is 13.1. The van der Waals surface area contributed by atoms with Crippen LogP contribution < -0.4 is 15.4 Å². The first-order valence-electron chi connectivity index (χ1n) is 9.06. The van der Waals surface area contributed by atoms with Crippen LogP contribution in [0.3, 0.4) is 0 Å². The number of carbonyl (C=O) groups is 2. The molecule has 3 N–H and O–H groups in total. The van der Waals surface area contributed by atoms with E-state index >= 15 is 0 Å². The Bertz CT molecular complexity index is 570. The van der Waals surface area contributed by atoms with Gasteiger partial charge in [-0.15, -0.1) is 0 Å². The van der Waals surface area contributed by atoms with Crippen LogP contribution in [-0.2, 0) is 25.5 Å². The van der Waals surface area contributed by atoms with Crippen molar-refractivity contribution >= 4 is 23.6 Å². The summed E-state index contributed by atoms with van der Waals surface area (Å²) in [5.74, 6) is 0.592. The third-order valence-corrected chi connectivity index (χ3v) is 4.24. The fourth-order valence-corrected chi connectivity index (χ4v) is 2.69. The van der Waals surface area contributed by atoms with Crippen LogP contribution in [0, 0.1) is 0 Å². The zero-order valence-electron chi connectivity index (χ0n) is 16.4. The van der Waals surface area contributed by atoms with Crippen molar-refractivity contribution in [1.82, 2.24) is 10.6 Å². The fourth-order valence-electron chi connectivity index (χ4n) is 2.35. The molecule has 1 atom stereocenters. The van der Waals surface area contributed by atoms with Gasteiger partial charge in [-0.1, -0.05) is 12.1 Å². The summed E-state index contributed by atoms with van der Waals surface area (Å²) in [6.07, 6.45) is 2.89. The largest absolute Gasteiger partial charge is 0.494 e. The van der Waals surface area contributed by atoms with E-state index in [1.165, 1.54) is 11.8 Å². The predicted octanol–water partition coefficient (Wildman–Crippen LogP) is 0.575. The molecule has 28 heavy (non-hydrogen) atoms. The summed E-state index contributed by atoms with van der Waals surface area (Å²) in [5, 5.41) is 14.1. The van der Waals surface area contributed by atoms with Gasteiger partial charge >= 0.3 is 0 Å². The van der Waals surface area contributed by atoms with E-state index in [0.29, 0.717) is 50.7 Å². The van der Waals surface area contributed by atoms with Crippen LogP contribution in [0.4, 0.5) is 0 Å². The maximum absolute atomic E-state index is 12.4. The van der Waals surface area contributed by atoms with Gasteiger partial charge in [-0.2, -0.15) is 11.8 Å². The summed E-state index contributed by atoms with van der Waals surface area (Å²) in [4.78, 5) is 24.4. The predicted molar refractivity (Wildman–Crippen MR) is 108 cm³/mol. The summed E-state index contributed by atoms with van der Waals surface area (Å²) in [6.45, 7) is 1.42. The molecule has 0 aliphatic heterocycles. The second kappa shape index (κ2) is 15.2. The molecule has 8 nitrogen and oxygen atoms in total. The van der Waals surface area contributed by atoms with Crippen molar-refractivity contribution in [2.45, 2.75) is 18.9 Å². The number of thioether (sulfide) groups is 1. The Labute approximate surface area is 170 Å². The highest BCUT2D eigenvalue weighted by Gasteiger charge is 2.20. The van der Waals surface area contributed by atoms with E-state index in [1.807, 2.05) is 30.5 Å². The van der Waals surface area contributed by atoms with Crippen molar-refractivity contribution in [3.63, 3.8) is 0 Å². The molecule has 0 aromatic heterocycles. The number of aliphatic hydroxyl groups is 1. The Morgan fingerprint density at radius 1 is 1.18 bits per heavy atom. The summed E-state index contributed by atoms with van der Waals surface area (Å²) in [6, 6.07) is 6.74. The molecule has 1 rings (SSSR count). The SMILES string of the molecule is COCCNC(=O)[C@H](Cc1ccc(OCCCOCO)cc1)NC(=O)CSC. The maximum Gasteiger partial charge on any atom is 0.243 e. The highest BCUT2D eigenvalue weighted by atomic mass is 32.2. The van der Waals surface area contributed by atoms with Crippen molar-refractivity contribution in [3.05, 3.63) is 29.8 Å². The second-order valence-electron chi connectivity index (χ2n) is 5.92. The van der Waals surface area contributed by atoms with Crippen molar-refractivity contribution in [1.29, 1.82) is 0 Å². The van der Waals surface area contributed by atoms with Crippen LogP contribution in [-0.4, -0.2) is 75.2 Å². The molecule has 0 radical (unpaired) electrons. The topological polar surface area (TPSA) is 106 Å². The minimum absolute atomic E-state index is 0.176. The molecule has 0 aliphatic rings. The zero-order valence-corrected chi connectivity index (χ0v) is 17.3. The standard InChI is InChI=1S/C19H30N2O6S/c1-25-11-8-20-19(24)17(21-18(23)13-28-2)12-15-4-6-16(7-5-15)27-10-3-9-26-14-22/h4-7,17,22H,3,8-14H2,1-2H3,(H,20,24)(H,21,23)/t17-/m0/s1. The third kappa shape index (κ3) is 10.5. The Morgan fingerprint density at radius 3 is 2.57 bits per heavy atom. The molecular formula is C19H30N2O6S. The van der Waals surface area contributed by atoms with E-state index in [2.05, 4.69) is 10.6 Å². The number of amides is 2. The lowest BCUT2D eigenvalue weighted by atomic mass is 10.0. The molecule has 0 heterocycles. The number of aliphatic hydroxyl groups excluding tert-OH is 1. The van der Waals surface area contributed by atoms with Gasteiger partial charge in [-0.3, -0.25) is 9.59 Å². The number of carbonyl (C=O) groups excluding carboxylic acids is 2. The first-order valence-corrected chi connectivity index (χ1v) is 10.4. The summed E-state index contributed by atoms with van der Waals surface area (Å²) >= 11 is 1.40. The van der Waals surface area contributed by atoms with Gasteiger partial charge in [-0.25, -0.2) is 0 Å². The Morgan fingerprint density at radius 2 is 1.93 bits per heavy atom. The molecule has 0 bridgehead atoms. The van der Waals surface area contributed by atoms with Crippen LogP contribution in [0.25, 0.3) is 0 Å². The van der Waals surface area contributed by atoms with Gasteiger partial charge in [0.15, 0.2) is 0 Å². The van der Waals surface area contributed by atoms with Crippen LogP contribution in [0.2, 0.25) is 0 Å². The molecule has 1 aromatic rings. The van der Waals surface area contributed by atoms with Crippen LogP contribution >= 0.6 is 11.8 Å². The van der Waals surface area contributed by atoms with Crippen LogP contribution in [0.5, 0.6) is 5.75 Å². The Balaban J connectivity index is 2.60. The average molecular weight is 415 g/mol. The highest BCUT2D eigenvalue weighted by molar-refractivity contribution is 7.99. The van der Waals surface area contributed by atoms with Gasteiger partial charge in [-0.05, 0) is 24.0 Å². The normalized spacial score (nSPS) is 11.7. The molecule has 0 aliphatic carbocycles. The third-order valence-electron chi connectivity index (χ3n) is 3.69. The molecule has 0 saturated heterocycles. The number of ether oxygens (including phenoxy) is 3. The summed E-state index contributed by atoms with van der Waals surface area (Å²) in [5.41, 5.74) is 0.910. The van der Waals surface area contributed by atoms with E-state index in [4.69, 9.17) is 19.3 Å². The van der Waals surface area contributed by atoms with E-state index in [9.17, 15) is 9.59 Å². The van der Waals surface area contributed by atoms with Gasteiger partial charge in [0.1, 0.15) is 18.6 Å². The molecule has 9 heteroatoms. The number of rotatable bonds is 15. The minimum Gasteiger partial charge on any atom is -0.494 e. The zero-order chi connectivity index (χ0) is 20.6. The monoisotopic (exact) mass is 414 g/mol.